The summed E-state index contributed by atoms with van der Waals surface area (Å²) in [5.74, 6) is 0.930. The summed E-state index contributed by atoms with van der Waals surface area (Å²) in [5, 5.41) is 3.49. The first-order valence-electron chi connectivity index (χ1n) is 6.68. The number of hydrogen-bond acceptors (Lipinski definition) is 4. The van der Waals surface area contributed by atoms with Crippen LogP contribution in [0.15, 0.2) is 12.4 Å². The lowest BCUT2D eigenvalue weighted by Crippen LogP contribution is -2.36. The van der Waals surface area contributed by atoms with Gasteiger partial charge in [0.2, 0.25) is 5.95 Å². The van der Waals surface area contributed by atoms with Crippen molar-refractivity contribution in [2.75, 3.05) is 31.7 Å². The largest absolute Gasteiger partial charge is 0.382 e. The number of nitrogens with one attached hydrogen (secondary N) is 1. The second kappa shape index (κ2) is 6.20. The van der Waals surface area contributed by atoms with Crippen LogP contribution in [0.1, 0.15) is 26.7 Å². The van der Waals surface area contributed by atoms with Crippen LogP contribution in [0.25, 0.3) is 0 Å². The molecular weight excluding hydrogens is 230 g/mol. The SMILES string of the molecule is CCOCCCn1ccnc1NC1(C)CCOC1. The molecule has 0 bridgehead atoms. The molecule has 1 aromatic rings. The zero-order valence-electron chi connectivity index (χ0n) is 11.3. The average Bonchev–Trinajstić information content (AvgIpc) is 2.95. The minimum Gasteiger partial charge on any atom is -0.382 e. The third-order valence-electron chi connectivity index (χ3n) is 3.24. The van der Waals surface area contributed by atoms with E-state index < -0.39 is 0 Å². The highest BCUT2D eigenvalue weighted by atomic mass is 16.5. The summed E-state index contributed by atoms with van der Waals surface area (Å²) < 4.78 is 12.9. The Labute approximate surface area is 108 Å². The molecule has 1 N–H and O–H groups in total. The second-order valence-corrected chi connectivity index (χ2v) is 4.98. The summed E-state index contributed by atoms with van der Waals surface area (Å²) in [6.45, 7) is 8.29. The summed E-state index contributed by atoms with van der Waals surface area (Å²) in [5.41, 5.74) is 0.0169. The minimum atomic E-state index is 0.0169. The Morgan fingerprint density at radius 1 is 1.61 bits per heavy atom. The molecule has 5 nitrogen and oxygen atoms in total. The van der Waals surface area contributed by atoms with Gasteiger partial charge in [0.1, 0.15) is 0 Å². The molecule has 0 aliphatic carbocycles. The quantitative estimate of drug-likeness (QED) is 0.754. The second-order valence-electron chi connectivity index (χ2n) is 4.98. The van der Waals surface area contributed by atoms with Gasteiger partial charge in [-0.1, -0.05) is 0 Å². The van der Waals surface area contributed by atoms with Crippen LogP contribution < -0.4 is 5.32 Å². The van der Waals surface area contributed by atoms with Crippen LogP contribution in [0.2, 0.25) is 0 Å². The van der Waals surface area contributed by atoms with Crippen molar-refractivity contribution in [1.82, 2.24) is 9.55 Å². The number of ether oxygens (including phenoxy) is 2. The number of imidazole rings is 1. The summed E-state index contributed by atoms with van der Waals surface area (Å²) in [7, 11) is 0. The van der Waals surface area contributed by atoms with Crippen LogP contribution in [0.3, 0.4) is 0 Å². The first-order chi connectivity index (χ1) is 8.73. The van der Waals surface area contributed by atoms with Crippen LogP contribution in [0, 0.1) is 0 Å². The number of rotatable bonds is 7. The van der Waals surface area contributed by atoms with Gasteiger partial charge in [0, 0.05) is 38.8 Å². The molecule has 102 valence electrons. The van der Waals surface area contributed by atoms with Gasteiger partial charge < -0.3 is 19.4 Å². The predicted molar refractivity (Wildman–Crippen MR) is 70.8 cm³/mol. The van der Waals surface area contributed by atoms with Crippen molar-refractivity contribution >= 4 is 5.95 Å². The van der Waals surface area contributed by atoms with Gasteiger partial charge in [0.15, 0.2) is 0 Å². The number of aromatic nitrogens is 2. The van der Waals surface area contributed by atoms with Gasteiger partial charge in [0.25, 0.3) is 0 Å². The molecular formula is C13H23N3O2. The Bertz CT molecular complexity index is 359. The van der Waals surface area contributed by atoms with Crippen LogP contribution in [-0.4, -0.2) is 41.5 Å². The number of anilines is 1. The molecule has 1 aromatic heterocycles. The maximum Gasteiger partial charge on any atom is 0.203 e. The monoisotopic (exact) mass is 253 g/mol. The van der Waals surface area contributed by atoms with E-state index in [1.807, 2.05) is 19.3 Å². The summed E-state index contributed by atoms with van der Waals surface area (Å²) in [6.07, 6.45) is 5.88. The number of hydrogen-bond donors (Lipinski definition) is 1. The Morgan fingerprint density at radius 3 is 3.22 bits per heavy atom. The predicted octanol–water partition coefficient (Wildman–Crippen LogP) is 1.90. The van der Waals surface area contributed by atoms with Crippen molar-refractivity contribution in [3.8, 4) is 0 Å². The average molecular weight is 253 g/mol. The standard InChI is InChI=1S/C13H23N3O2/c1-3-17-9-4-7-16-8-6-14-12(16)15-13(2)5-10-18-11-13/h6,8H,3-5,7,9-11H2,1-2H3,(H,14,15). The van der Waals surface area contributed by atoms with E-state index in [-0.39, 0.29) is 5.54 Å². The van der Waals surface area contributed by atoms with E-state index in [4.69, 9.17) is 9.47 Å². The molecule has 5 heteroatoms. The molecule has 18 heavy (non-hydrogen) atoms. The number of nitrogens with zero attached hydrogens (tertiary/aromatic N) is 2. The van der Waals surface area contributed by atoms with Crippen LogP contribution in [0.4, 0.5) is 5.95 Å². The molecule has 1 saturated heterocycles. The molecule has 1 unspecified atom stereocenters. The van der Waals surface area contributed by atoms with E-state index in [0.29, 0.717) is 0 Å². The highest BCUT2D eigenvalue weighted by Gasteiger charge is 2.30. The van der Waals surface area contributed by atoms with E-state index >= 15 is 0 Å². The van der Waals surface area contributed by atoms with Gasteiger partial charge in [-0.2, -0.15) is 0 Å². The lowest BCUT2D eigenvalue weighted by molar-refractivity contribution is 0.141. The molecule has 1 aliphatic rings. The van der Waals surface area contributed by atoms with E-state index in [9.17, 15) is 0 Å². The molecule has 0 spiro atoms. The maximum absolute atomic E-state index is 5.44. The lowest BCUT2D eigenvalue weighted by Gasteiger charge is -2.24. The zero-order chi connectivity index (χ0) is 12.8. The molecule has 2 heterocycles. The Balaban J connectivity index is 1.87. The third-order valence-corrected chi connectivity index (χ3v) is 3.24. The van der Waals surface area contributed by atoms with Crippen molar-refractivity contribution < 1.29 is 9.47 Å². The summed E-state index contributed by atoms with van der Waals surface area (Å²) in [6, 6.07) is 0. The van der Waals surface area contributed by atoms with Crippen LogP contribution in [0.5, 0.6) is 0 Å². The smallest absolute Gasteiger partial charge is 0.203 e. The minimum absolute atomic E-state index is 0.0169. The zero-order valence-corrected chi connectivity index (χ0v) is 11.3. The fourth-order valence-electron chi connectivity index (χ4n) is 2.13. The Hall–Kier alpha value is -1.07. The molecule has 0 aromatic carbocycles. The van der Waals surface area contributed by atoms with Crippen molar-refractivity contribution in [2.45, 2.75) is 38.8 Å². The van der Waals surface area contributed by atoms with Crippen molar-refractivity contribution in [3.63, 3.8) is 0 Å². The molecule has 0 radical (unpaired) electrons. The Morgan fingerprint density at radius 2 is 2.50 bits per heavy atom. The fraction of sp³-hybridized carbons (Fsp3) is 0.769. The van der Waals surface area contributed by atoms with Crippen LogP contribution in [-0.2, 0) is 16.0 Å². The number of aryl methyl sites for hydroxylation is 1. The first-order valence-corrected chi connectivity index (χ1v) is 6.68. The van der Waals surface area contributed by atoms with E-state index in [2.05, 4.69) is 21.8 Å². The maximum atomic E-state index is 5.44. The van der Waals surface area contributed by atoms with Gasteiger partial charge in [-0.05, 0) is 26.7 Å². The highest BCUT2D eigenvalue weighted by molar-refractivity contribution is 5.31. The van der Waals surface area contributed by atoms with E-state index in [0.717, 1.165) is 51.8 Å². The molecule has 2 rings (SSSR count). The van der Waals surface area contributed by atoms with Gasteiger partial charge in [0.05, 0.1) is 12.1 Å². The molecule has 1 aliphatic heterocycles. The Kier molecular flexibility index (Phi) is 4.60. The summed E-state index contributed by atoms with van der Waals surface area (Å²) in [4.78, 5) is 4.38. The van der Waals surface area contributed by atoms with Gasteiger partial charge in [-0.3, -0.25) is 0 Å². The highest BCUT2D eigenvalue weighted by Crippen LogP contribution is 2.22. The van der Waals surface area contributed by atoms with Crippen molar-refractivity contribution in [2.24, 2.45) is 0 Å². The third kappa shape index (κ3) is 3.46. The fourth-order valence-corrected chi connectivity index (χ4v) is 2.13. The van der Waals surface area contributed by atoms with Gasteiger partial charge in [-0.25, -0.2) is 4.98 Å². The van der Waals surface area contributed by atoms with E-state index in [1.54, 1.807) is 0 Å². The van der Waals surface area contributed by atoms with Gasteiger partial charge >= 0.3 is 0 Å². The molecule has 0 saturated carbocycles. The molecule has 0 amide bonds. The normalized spacial score (nSPS) is 23.4. The first kappa shape index (κ1) is 13.4. The molecule has 1 atom stereocenters. The topological polar surface area (TPSA) is 48.3 Å². The van der Waals surface area contributed by atoms with Crippen molar-refractivity contribution in [3.05, 3.63) is 12.4 Å². The van der Waals surface area contributed by atoms with E-state index in [1.165, 1.54) is 0 Å². The van der Waals surface area contributed by atoms with Crippen LogP contribution >= 0.6 is 0 Å². The molecule has 1 fully saturated rings. The van der Waals surface area contributed by atoms with Crippen molar-refractivity contribution in [1.29, 1.82) is 0 Å². The summed E-state index contributed by atoms with van der Waals surface area (Å²) >= 11 is 0. The van der Waals surface area contributed by atoms with Gasteiger partial charge in [-0.15, -0.1) is 0 Å². The lowest BCUT2D eigenvalue weighted by atomic mass is 10.0.